The minimum atomic E-state index is -0.289. The number of hydrogen-bond donors (Lipinski definition) is 1. The number of nitrogens with one attached hydrogen (secondary N) is 1. The van der Waals surface area contributed by atoms with Crippen LogP contribution in [0.1, 0.15) is 15.9 Å². The summed E-state index contributed by atoms with van der Waals surface area (Å²) in [5, 5.41) is 4.07. The third-order valence-electron chi connectivity index (χ3n) is 3.89. The van der Waals surface area contributed by atoms with Crippen LogP contribution in [0.25, 0.3) is 5.69 Å². The molecule has 1 amide bonds. The van der Waals surface area contributed by atoms with Crippen molar-refractivity contribution in [2.45, 2.75) is 0 Å². The van der Waals surface area contributed by atoms with E-state index in [-0.39, 0.29) is 12.7 Å². The van der Waals surface area contributed by atoms with E-state index in [9.17, 15) is 4.79 Å². The van der Waals surface area contributed by atoms with Crippen molar-refractivity contribution in [1.82, 2.24) is 9.99 Å². The van der Waals surface area contributed by atoms with E-state index in [1.54, 1.807) is 18.3 Å². The number of carbonyl (C=O) groups excluding carboxylic acids is 1. The van der Waals surface area contributed by atoms with E-state index < -0.39 is 0 Å². The zero-order valence-electron chi connectivity index (χ0n) is 13.6. The van der Waals surface area contributed by atoms with Crippen LogP contribution in [-0.4, -0.2) is 23.5 Å². The molecular formula is C19H14BrN3O3. The number of nitrogens with zero attached hydrogens (tertiary/aromatic N) is 2. The molecule has 3 aromatic rings. The number of halogens is 1. The van der Waals surface area contributed by atoms with Crippen LogP contribution in [0.5, 0.6) is 11.5 Å². The van der Waals surface area contributed by atoms with Crippen LogP contribution in [0.2, 0.25) is 0 Å². The van der Waals surface area contributed by atoms with E-state index in [2.05, 4.69) is 26.5 Å². The van der Waals surface area contributed by atoms with Crippen molar-refractivity contribution in [3.05, 3.63) is 76.5 Å². The SMILES string of the molecule is O=C(N/N=C\c1cc2c(cc1Br)OCO2)c1ccccc1-n1cccc1. The third-order valence-corrected chi connectivity index (χ3v) is 4.58. The molecular weight excluding hydrogens is 398 g/mol. The van der Waals surface area contributed by atoms with Crippen molar-refractivity contribution in [3.63, 3.8) is 0 Å². The number of benzene rings is 2. The van der Waals surface area contributed by atoms with Crippen molar-refractivity contribution >= 4 is 28.1 Å². The summed E-state index contributed by atoms with van der Waals surface area (Å²) in [6, 6.07) is 14.8. The molecule has 0 atom stereocenters. The average Bonchev–Trinajstić information content (AvgIpc) is 3.33. The molecule has 0 fully saturated rings. The van der Waals surface area contributed by atoms with Crippen LogP contribution < -0.4 is 14.9 Å². The lowest BCUT2D eigenvalue weighted by atomic mass is 10.1. The molecule has 0 bridgehead atoms. The summed E-state index contributed by atoms with van der Waals surface area (Å²) in [6.45, 7) is 0.204. The highest BCUT2D eigenvalue weighted by Gasteiger charge is 2.16. The molecule has 0 saturated carbocycles. The van der Waals surface area contributed by atoms with E-state index in [0.717, 1.165) is 15.7 Å². The molecule has 4 rings (SSSR count). The second-order valence-electron chi connectivity index (χ2n) is 5.53. The second-order valence-corrected chi connectivity index (χ2v) is 6.39. The topological polar surface area (TPSA) is 64.8 Å². The first-order valence-electron chi connectivity index (χ1n) is 7.87. The summed E-state index contributed by atoms with van der Waals surface area (Å²) in [5.74, 6) is 1.04. The molecule has 0 spiro atoms. The normalized spacial score (nSPS) is 12.5. The van der Waals surface area contributed by atoms with Gasteiger partial charge < -0.3 is 14.0 Å². The molecule has 26 heavy (non-hydrogen) atoms. The average molecular weight is 412 g/mol. The Morgan fingerprint density at radius 3 is 2.65 bits per heavy atom. The fourth-order valence-corrected chi connectivity index (χ4v) is 3.06. The highest BCUT2D eigenvalue weighted by molar-refractivity contribution is 9.10. The summed E-state index contributed by atoms with van der Waals surface area (Å²) < 4.78 is 13.3. The minimum Gasteiger partial charge on any atom is -0.454 e. The van der Waals surface area contributed by atoms with Gasteiger partial charge in [-0.1, -0.05) is 12.1 Å². The summed E-state index contributed by atoms with van der Waals surface area (Å²) in [5.41, 5.74) is 4.66. The first kappa shape index (κ1) is 16.4. The van der Waals surface area contributed by atoms with Crippen LogP contribution in [0.15, 0.2) is 70.5 Å². The third kappa shape index (κ3) is 3.21. The van der Waals surface area contributed by atoms with Crippen LogP contribution in [-0.2, 0) is 0 Å². The molecule has 1 aliphatic rings. The van der Waals surface area contributed by atoms with Crippen molar-refractivity contribution in [2.24, 2.45) is 5.10 Å². The van der Waals surface area contributed by atoms with Crippen molar-refractivity contribution in [3.8, 4) is 17.2 Å². The Kier molecular flexibility index (Phi) is 4.45. The Hall–Kier alpha value is -3.06. The first-order chi connectivity index (χ1) is 12.7. The summed E-state index contributed by atoms with van der Waals surface area (Å²) in [4.78, 5) is 12.5. The van der Waals surface area contributed by atoms with Gasteiger partial charge in [0, 0.05) is 22.4 Å². The number of aromatic nitrogens is 1. The maximum absolute atomic E-state index is 12.5. The highest BCUT2D eigenvalue weighted by atomic mass is 79.9. The van der Waals surface area contributed by atoms with E-state index in [1.807, 2.05) is 53.4 Å². The Morgan fingerprint density at radius 2 is 1.85 bits per heavy atom. The van der Waals surface area contributed by atoms with Gasteiger partial charge in [0.15, 0.2) is 11.5 Å². The van der Waals surface area contributed by atoms with Gasteiger partial charge in [-0.3, -0.25) is 4.79 Å². The predicted octanol–water partition coefficient (Wildman–Crippen LogP) is 3.73. The van der Waals surface area contributed by atoms with Gasteiger partial charge in [-0.15, -0.1) is 0 Å². The molecule has 1 N–H and O–H groups in total. The summed E-state index contributed by atoms with van der Waals surface area (Å²) in [7, 11) is 0. The van der Waals surface area contributed by atoms with Crippen molar-refractivity contribution in [2.75, 3.05) is 6.79 Å². The maximum atomic E-state index is 12.5. The Morgan fingerprint density at radius 1 is 1.12 bits per heavy atom. The number of rotatable bonds is 4. The minimum absolute atomic E-state index is 0.204. The molecule has 2 heterocycles. The van der Waals surface area contributed by atoms with Gasteiger partial charge in [0.2, 0.25) is 6.79 Å². The summed E-state index contributed by atoms with van der Waals surface area (Å²) >= 11 is 3.46. The zero-order valence-corrected chi connectivity index (χ0v) is 15.1. The standard InChI is InChI=1S/C19H14BrN3O3/c20-15-10-18-17(25-12-26-18)9-13(15)11-21-22-19(24)14-5-1-2-6-16(14)23-7-3-4-8-23/h1-11H,12H2,(H,22,24)/b21-11-. The molecule has 7 heteroatoms. The van der Waals surface area contributed by atoms with Gasteiger partial charge >= 0.3 is 0 Å². The predicted molar refractivity (Wildman–Crippen MR) is 101 cm³/mol. The first-order valence-corrected chi connectivity index (χ1v) is 8.66. The van der Waals surface area contributed by atoms with Crippen LogP contribution in [0.4, 0.5) is 0 Å². The van der Waals surface area contributed by atoms with Crippen LogP contribution in [0.3, 0.4) is 0 Å². The van der Waals surface area contributed by atoms with E-state index in [1.165, 1.54) is 0 Å². The van der Waals surface area contributed by atoms with Crippen molar-refractivity contribution in [1.29, 1.82) is 0 Å². The molecule has 1 aliphatic heterocycles. The van der Waals surface area contributed by atoms with Gasteiger partial charge in [0.05, 0.1) is 17.5 Å². The number of hydrogen-bond acceptors (Lipinski definition) is 4. The lowest BCUT2D eigenvalue weighted by molar-refractivity contribution is 0.0955. The van der Waals surface area contributed by atoms with Gasteiger partial charge in [0.25, 0.3) is 5.91 Å². The number of hydrazone groups is 1. The molecule has 1 aromatic heterocycles. The van der Waals surface area contributed by atoms with E-state index in [4.69, 9.17) is 9.47 Å². The molecule has 0 saturated heterocycles. The number of ether oxygens (including phenoxy) is 2. The number of carbonyl (C=O) groups is 1. The van der Waals surface area contributed by atoms with Gasteiger partial charge in [-0.05, 0) is 52.3 Å². The molecule has 0 unspecified atom stereocenters. The monoisotopic (exact) mass is 411 g/mol. The number of para-hydroxylation sites is 1. The number of fused-ring (bicyclic) bond motifs is 1. The Labute approximate surface area is 158 Å². The quantitative estimate of drug-likeness (QED) is 0.525. The fourth-order valence-electron chi connectivity index (χ4n) is 2.64. The van der Waals surface area contributed by atoms with Gasteiger partial charge in [-0.2, -0.15) is 5.10 Å². The van der Waals surface area contributed by atoms with Crippen molar-refractivity contribution < 1.29 is 14.3 Å². The molecule has 130 valence electrons. The zero-order chi connectivity index (χ0) is 17.9. The fraction of sp³-hybridized carbons (Fsp3) is 0.0526. The van der Waals surface area contributed by atoms with Crippen LogP contribution >= 0.6 is 15.9 Å². The Balaban J connectivity index is 1.53. The smallest absolute Gasteiger partial charge is 0.273 e. The molecule has 2 aromatic carbocycles. The van der Waals surface area contributed by atoms with E-state index >= 15 is 0 Å². The van der Waals surface area contributed by atoms with Gasteiger partial charge in [-0.25, -0.2) is 5.43 Å². The largest absolute Gasteiger partial charge is 0.454 e. The Bertz CT molecular complexity index is 984. The van der Waals surface area contributed by atoms with Crippen LogP contribution in [0, 0.1) is 0 Å². The molecule has 6 nitrogen and oxygen atoms in total. The lowest BCUT2D eigenvalue weighted by Crippen LogP contribution is -2.19. The summed E-state index contributed by atoms with van der Waals surface area (Å²) in [6.07, 6.45) is 5.33. The van der Waals surface area contributed by atoms with Gasteiger partial charge in [0.1, 0.15) is 0 Å². The molecule has 0 aliphatic carbocycles. The second kappa shape index (κ2) is 7.05. The maximum Gasteiger partial charge on any atom is 0.273 e. The lowest BCUT2D eigenvalue weighted by Gasteiger charge is -2.09. The van der Waals surface area contributed by atoms with E-state index in [0.29, 0.717) is 17.1 Å². The molecule has 0 radical (unpaired) electrons. The highest BCUT2D eigenvalue weighted by Crippen LogP contribution is 2.36. The number of amides is 1.